The summed E-state index contributed by atoms with van der Waals surface area (Å²) in [7, 11) is 1.67. The van der Waals surface area contributed by atoms with Gasteiger partial charge in [0.25, 0.3) is 5.91 Å². The lowest BCUT2D eigenvalue weighted by Gasteiger charge is -2.33. The number of ether oxygens (including phenoxy) is 1. The lowest BCUT2D eigenvalue weighted by molar-refractivity contribution is 0.0596. The molecule has 0 saturated carbocycles. The van der Waals surface area contributed by atoms with Gasteiger partial charge in [-0.05, 0) is 24.3 Å². The molecule has 3 aromatic rings. The van der Waals surface area contributed by atoms with E-state index < -0.39 is 0 Å². The molecular formula is C20H21N3O3S. The highest BCUT2D eigenvalue weighted by molar-refractivity contribution is 7.13. The summed E-state index contributed by atoms with van der Waals surface area (Å²) in [5, 5.41) is 3.10. The van der Waals surface area contributed by atoms with Crippen LogP contribution in [0.1, 0.15) is 16.2 Å². The highest BCUT2D eigenvalue weighted by Gasteiger charge is 2.24. The molecule has 1 aliphatic rings. The summed E-state index contributed by atoms with van der Waals surface area (Å²) in [6.07, 6.45) is 1.53. The highest BCUT2D eigenvalue weighted by Crippen LogP contribution is 2.27. The van der Waals surface area contributed by atoms with E-state index in [0.717, 1.165) is 41.6 Å². The zero-order chi connectivity index (χ0) is 18.6. The van der Waals surface area contributed by atoms with Crippen LogP contribution in [0.2, 0.25) is 0 Å². The zero-order valence-corrected chi connectivity index (χ0v) is 15.9. The Morgan fingerprint density at radius 3 is 2.81 bits per heavy atom. The maximum atomic E-state index is 12.3. The van der Waals surface area contributed by atoms with Crippen molar-refractivity contribution in [3.8, 4) is 16.3 Å². The number of furan rings is 1. The van der Waals surface area contributed by atoms with Crippen molar-refractivity contribution >= 4 is 17.2 Å². The van der Waals surface area contributed by atoms with Gasteiger partial charge in [0.05, 0.1) is 19.1 Å². The van der Waals surface area contributed by atoms with E-state index in [2.05, 4.69) is 10.3 Å². The molecule has 0 bridgehead atoms. The molecule has 140 valence electrons. The summed E-state index contributed by atoms with van der Waals surface area (Å²) in [6, 6.07) is 11.4. The molecule has 1 fully saturated rings. The number of hydrogen-bond donors (Lipinski definition) is 0. The van der Waals surface area contributed by atoms with Crippen LogP contribution in [0, 0.1) is 0 Å². The van der Waals surface area contributed by atoms with Crippen LogP contribution in [0.15, 0.2) is 52.5 Å². The standard InChI is InChI=1S/C20H21N3O3S/c1-25-17-5-2-4-15(12-17)19-21-16(14-27-19)13-22-7-9-23(10-8-22)20(24)18-6-3-11-26-18/h2-6,11-12,14H,7-10,13H2,1H3. The smallest absolute Gasteiger partial charge is 0.289 e. The number of piperazine rings is 1. The number of hydrogen-bond acceptors (Lipinski definition) is 6. The van der Waals surface area contributed by atoms with Gasteiger partial charge in [0.1, 0.15) is 10.8 Å². The van der Waals surface area contributed by atoms with Crippen molar-refractivity contribution in [3.63, 3.8) is 0 Å². The molecule has 7 heteroatoms. The molecule has 1 aromatic carbocycles. The van der Waals surface area contributed by atoms with E-state index in [4.69, 9.17) is 14.1 Å². The minimum atomic E-state index is -0.0337. The topological polar surface area (TPSA) is 58.8 Å². The second kappa shape index (κ2) is 7.94. The SMILES string of the molecule is COc1cccc(-c2nc(CN3CCN(C(=O)c4ccco4)CC3)cs2)c1. The molecule has 27 heavy (non-hydrogen) atoms. The van der Waals surface area contributed by atoms with Crippen LogP contribution in [0.5, 0.6) is 5.75 Å². The fourth-order valence-electron chi connectivity index (χ4n) is 3.16. The predicted octanol–water partition coefficient (Wildman–Crippen LogP) is 3.37. The Bertz CT molecular complexity index is 899. The Balaban J connectivity index is 1.34. The second-order valence-corrected chi connectivity index (χ2v) is 7.28. The van der Waals surface area contributed by atoms with Gasteiger partial charge in [-0.1, -0.05) is 12.1 Å². The Hall–Kier alpha value is -2.64. The van der Waals surface area contributed by atoms with Crippen molar-refractivity contribution in [1.82, 2.24) is 14.8 Å². The largest absolute Gasteiger partial charge is 0.497 e. The molecule has 0 atom stereocenters. The molecule has 2 aromatic heterocycles. The third-order valence-electron chi connectivity index (χ3n) is 4.65. The first kappa shape index (κ1) is 17.8. The van der Waals surface area contributed by atoms with Gasteiger partial charge >= 0.3 is 0 Å². The Morgan fingerprint density at radius 1 is 1.22 bits per heavy atom. The molecule has 3 heterocycles. The van der Waals surface area contributed by atoms with Gasteiger partial charge in [-0.2, -0.15) is 0 Å². The highest BCUT2D eigenvalue weighted by atomic mass is 32.1. The van der Waals surface area contributed by atoms with Crippen LogP contribution >= 0.6 is 11.3 Å². The maximum Gasteiger partial charge on any atom is 0.289 e. The normalized spacial score (nSPS) is 15.1. The number of thiazole rings is 1. The quantitative estimate of drug-likeness (QED) is 0.676. The molecule has 0 radical (unpaired) electrons. The van der Waals surface area contributed by atoms with Crippen LogP contribution in [-0.2, 0) is 6.54 Å². The van der Waals surface area contributed by atoms with Gasteiger partial charge < -0.3 is 14.1 Å². The summed E-state index contributed by atoms with van der Waals surface area (Å²) >= 11 is 1.64. The minimum Gasteiger partial charge on any atom is -0.497 e. The Labute approximate surface area is 162 Å². The number of methoxy groups -OCH3 is 1. The third-order valence-corrected chi connectivity index (χ3v) is 5.59. The number of nitrogens with zero attached hydrogens (tertiary/aromatic N) is 3. The monoisotopic (exact) mass is 383 g/mol. The van der Waals surface area contributed by atoms with Gasteiger partial charge in [0.2, 0.25) is 0 Å². The Morgan fingerprint density at radius 2 is 2.07 bits per heavy atom. The number of aromatic nitrogens is 1. The van der Waals surface area contributed by atoms with Crippen LogP contribution in [0.3, 0.4) is 0 Å². The number of carbonyl (C=O) groups excluding carboxylic acids is 1. The van der Waals surface area contributed by atoms with Crippen LogP contribution in [0.25, 0.3) is 10.6 Å². The van der Waals surface area contributed by atoms with E-state index in [-0.39, 0.29) is 5.91 Å². The van der Waals surface area contributed by atoms with Crippen molar-refractivity contribution in [2.45, 2.75) is 6.54 Å². The number of rotatable bonds is 5. The van der Waals surface area contributed by atoms with E-state index in [1.807, 2.05) is 29.2 Å². The van der Waals surface area contributed by atoms with Crippen LogP contribution < -0.4 is 4.74 Å². The first-order valence-corrected chi connectivity index (χ1v) is 9.75. The molecule has 0 N–H and O–H groups in total. The zero-order valence-electron chi connectivity index (χ0n) is 15.1. The lowest BCUT2D eigenvalue weighted by atomic mass is 10.2. The second-order valence-electron chi connectivity index (χ2n) is 6.42. The molecule has 4 rings (SSSR count). The minimum absolute atomic E-state index is 0.0337. The van der Waals surface area contributed by atoms with E-state index in [1.54, 1.807) is 30.6 Å². The molecule has 1 saturated heterocycles. The molecule has 1 amide bonds. The van der Waals surface area contributed by atoms with Gasteiger partial charge in [-0.15, -0.1) is 11.3 Å². The molecular weight excluding hydrogens is 362 g/mol. The van der Waals surface area contributed by atoms with E-state index >= 15 is 0 Å². The van der Waals surface area contributed by atoms with Crippen molar-refractivity contribution in [2.75, 3.05) is 33.3 Å². The third kappa shape index (κ3) is 4.04. The fraction of sp³-hybridized carbons (Fsp3) is 0.300. The number of amides is 1. The molecule has 0 aliphatic carbocycles. The first-order chi connectivity index (χ1) is 13.2. The number of carbonyl (C=O) groups is 1. The first-order valence-electron chi connectivity index (χ1n) is 8.87. The molecule has 0 unspecified atom stereocenters. The summed E-state index contributed by atoms with van der Waals surface area (Å²) in [5.74, 6) is 1.21. The van der Waals surface area contributed by atoms with E-state index in [9.17, 15) is 4.79 Å². The van der Waals surface area contributed by atoms with Crippen molar-refractivity contribution in [2.24, 2.45) is 0 Å². The van der Waals surface area contributed by atoms with Gasteiger partial charge in [0, 0.05) is 43.7 Å². The summed E-state index contributed by atoms with van der Waals surface area (Å²) in [4.78, 5) is 21.3. The lowest BCUT2D eigenvalue weighted by Crippen LogP contribution is -2.48. The molecule has 1 aliphatic heterocycles. The maximum absolute atomic E-state index is 12.3. The molecule has 6 nitrogen and oxygen atoms in total. The summed E-state index contributed by atoms with van der Waals surface area (Å²) in [5.41, 5.74) is 2.13. The van der Waals surface area contributed by atoms with Gasteiger partial charge in [-0.25, -0.2) is 4.98 Å². The van der Waals surface area contributed by atoms with E-state index in [1.165, 1.54) is 6.26 Å². The van der Waals surface area contributed by atoms with Crippen LogP contribution in [0.4, 0.5) is 0 Å². The van der Waals surface area contributed by atoms with Crippen molar-refractivity contribution < 1.29 is 13.9 Å². The van der Waals surface area contributed by atoms with Gasteiger partial charge in [-0.3, -0.25) is 9.69 Å². The fourth-order valence-corrected chi connectivity index (χ4v) is 3.97. The average Bonchev–Trinajstić information content (AvgIpc) is 3.40. The number of benzene rings is 1. The summed E-state index contributed by atoms with van der Waals surface area (Å²) < 4.78 is 10.5. The molecule has 0 spiro atoms. The van der Waals surface area contributed by atoms with E-state index in [0.29, 0.717) is 18.8 Å². The van der Waals surface area contributed by atoms with Crippen molar-refractivity contribution in [1.29, 1.82) is 0 Å². The van der Waals surface area contributed by atoms with Crippen LogP contribution in [-0.4, -0.2) is 54.0 Å². The summed E-state index contributed by atoms with van der Waals surface area (Å²) in [6.45, 7) is 3.86. The average molecular weight is 383 g/mol. The van der Waals surface area contributed by atoms with Crippen molar-refractivity contribution in [3.05, 3.63) is 59.5 Å². The van der Waals surface area contributed by atoms with Gasteiger partial charge in [0.15, 0.2) is 5.76 Å². The predicted molar refractivity (Wildman–Crippen MR) is 104 cm³/mol. The Kier molecular flexibility index (Phi) is 5.22.